The summed E-state index contributed by atoms with van der Waals surface area (Å²) < 4.78 is 4.94. The van der Waals surface area contributed by atoms with Gasteiger partial charge < -0.3 is 4.74 Å². The summed E-state index contributed by atoms with van der Waals surface area (Å²) in [5, 5.41) is 0. The second kappa shape index (κ2) is 7.70. The van der Waals surface area contributed by atoms with E-state index in [1.54, 1.807) is 0 Å². The fraction of sp³-hybridized carbons (Fsp3) is 0.929. The molecule has 0 heterocycles. The Morgan fingerprint density at radius 3 is 2.53 bits per heavy atom. The van der Waals surface area contributed by atoms with E-state index in [1.807, 2.05) is 0 Å². The summed E-state index contributed by atoms with van der Waals surface area (Å²) in [7, 11) is 3.59. The number of likely N-dealkylation sites (N-methyl/N-ethyl adjacent to an activating group) is 1. The number of nitrogens with zero attached hydrogens (tertiary/aromatic N) is 1. The van der Waals surface area contributed by atoms with Crippen molar-refractivity contribution >= 4 is 5.97 Å². The smallest absolute Gasteiger partial charge is 0.323 e. The van der Waals surface area contributed by atoms with Crippen molar-refractivity contribution in [2.75, 3.05) is 14.2 Å². The van der Waals surface area contributed by atoms with Gasteiger partial charge in [-0.1, -0.05) is 39.0 Å². The monoisotopic (exact) mass is 241 g/mol. The van der Waals surface area contributed by atoms with Crippen LogP contribution in [-0.2, 0) is 9.53 Å². The summed E-state index contributed by atoms with van der Waals surface area (Å²) in [5.41, 5.74) is 0. The molecule has 0 amide bonds. The van der Waals surface area contributed by atoms with E-state index in [-0.39, 0.29) is 12.0 Å². The topological polar surface area (TPSA) is 29.5 Å². The fourth-order valence-corrected chi connectivity index (χ4v) is 2.76. The maximum Gasteiger partial charge on any atom is 0.323 e. The molecule has 3 heteroatoms. The average molecular weight is 241 g/mol. The van der Waals surface area contributed by atoms with Crippen LogP contribution in [0.4, 0.5) is 0 Å². The van der Waals surface area contributed by atoms with Crippen LogP contribution in [0.25, 0.3) is 0 Å². The van der Waals surface area contributed by atoms with Gasteiger partial charge in [-0.25, -0.2) is 0 Å². The number of hydrogen-bond donors (Lipinski definition) is 0. The van der Waals surface area contributed by atoms with Gasteiger partial charge in [-0.2, -0.15) is 0 Å². The molecule has 1 fully saturated rings. The van der Waals surface area contributed by atoms with Crippen LogP contribution in [0.3, 0.4) is 0 Å². The van der Waals surface area contributed by atoms with Crippen molar-refractivity contribution in [3.05, 3.63) is 0 Å². The minimum atomic E-state index is -0.0634. The van der Waals surface area contributed by atoms with Crippen LogP contribution >= 0.6 is 0 Å². The van der Waals surface area contributed by atoms with Gasteiger partial charge >= 0.3 is 5.97 Å². The van der Waals surface area contributed by atoms with Crippen LogP contribution < -0.4 is 0 Å². The molecular weight excluding hydrogens is 214 g/mol. The number of ether oxygens (including phenoxy) is 1. The van der Waals surface area contributed by atoms with Crippen molar-refractivity contribution in [1.29, 1.82) is 0 Å². The lowest BCUT2D eigenvalue weighted by molar-refractivity contribution is -0.148. The number of carbonyl (C=O) groups is 1. The van der Waals surface area contributed by atoms with E-state index in [1.165, 1.54) is 39.2 Å². The third-order valence-electron chi connectivity index (χ3n) is 3.95. The van der Waals surface area contributed by atoms with Gasteiger partial charge in [-0.3, -0.25) is 9.69 Å². The number of hydrogen-bond acceptors (Lipinski definition) is 3. The van der Waals surface area contributed by atoms with Crippen molar-refractivity contribution in [2.24, 2.45) is 0 Å². The summed E-state index contributed by atoms with van der Waals surface area (Å²) in [6, 6.07) is 0.535. The molecule has 1 unspecified atom stereocenters. The van der Waals surface area contributed by atoms with Crippen molar-refractivity contribution in [3.8, 4) is 0 Å². The molecule has 100 valence electrons. The van der Waals surface area contributed by atoms with Crippen molar-refractivity contribution in [3.63, 3.8) is 0 Å². The molecule has 0 saturated heterocycles. The van der Waals surface area contributed by atoms with Gasteiger partial charge in [0.2, 0.25) is 0 Å². The molecule has 17 heavy (non-hydrogen) atoms. The number of carbonyl (C=O) groups excluding carboxylic acids is 1. The molecule has 0 aromatic carbocycles. The summed E-state index contributed by atoms with van der Waals surface area (Å²) in [4.78, 5) is 14.1. The van der Waals surface area contributed by atoms with Crippen LogP contribution in [0, 0.1) is 0 Å². The molecule has 0 aromatic heterocycles. The summed E-state index contributed by atoms with van der Waals surface area (Å²) in [6.07, 6.45) is 9.57. The van der Waals surface area contributed by atoms with Crippen molar-refractivity contribution < 1.29 is 9.53 Å². The quantitative estimate of drug-likeness (QED) is 0.670. The van der Waals surface area contributed by atoms with Crippen molar-refractivity contribution in [2.45, 2.75) is 70.4 Å². The first-order valence-electron chi connectivity index (χ1n) is 7.00. The highest BCUT2D eigenvalue weighted by molar-refractivity contribution is 5.75. The molecule has 1 saturated carbocycles. The van der Waals surface area contributed by atoms with E-state index in [0.29, 0.717) is 6.04 Å². The van der Waals surface area contributed by atoms with Gasteiger partial charge in [-0.05, 0) is 26.3 Å². The predicted molar refractivity (Wildman–Crippen MR) is 70.0 cm³/mol. The number of unbranched alkanes of at least 4 members (excludes halogenated alkanes) is 1. The minimum Gasteiger partial charge on any atom is -0.468 e. The zero-order valence-corrected chi connectivity index (χ0v) is 11.6. The van der Waals surface area contributed by atoms with E-state index in [0.717, 1.165) is 19.3 Å². The molecule has 1 rings (SSSR count). The molecule has 1 atom stereocenters. The molecule has 1 aliphatic rings. The van der Waals surface area contributed by atoms with Crippen LogP contribution in [0.2, 0.25) is 0 Å². The van der Waals surface area contributed by atoms with Gasteiger partial charge in [0, 0.05) is 6.04 Å². The Hall–Kier alpha value is -0.570. The van der Waals surface area contributed by atoms with Gasteiger partial charge in [0.15, 0.2) is 0 Å². The van der Waals surface area contributed by atoms with Gasteiger partial charge in [0.1, 0.15) is 6.04 Å². The second-order valence-electron chi connectivity index (χ2n) is 5.14. The van der Waals surface area contributed by atoms with Gasteiger partial charge in [0.25, 0.3) is 0 Å². The standard InChI is InChI=1S/C14H27NO2/c1-4-5-11-13(14(16)17-3)15(2)12-9-7-6-8-10-12/h12-13H,4-11H2,1-3H3. The lowest BCUT2D eigenvalue weighted by Gasteiger charge is -2.35. The average Bonchev–Trinajstić information content (AvgIpc) is 2.39. The highest BCUT2D eigenvalue weighted by atomic mass is 16.5. The lowest BCUT2D eigenvalue weighted by Crippen LogP contribution is -2.46. The Kier molecular flexibility index (Phi) is 6.56. The Morgan fingerprint density at radius 1 is 1.35 bits per heavy atom. The van der Waals surface area contributed by atoms with Crippen molar-refractivity contribution in [1.82, 2.24) is 4.90 Å². The molecule has 0 aromatic rings. The third-order valence-corrected chi connectivity index (χ3v) is 3.95. The normalized spacial score (nSPS) is 19.3. The molecule has 0 radical (unpaired) electrons. The number of methoxy groups -OCH3 is 1. The Balaban J connectivity index is 2.56. The van der Waals surface area contributed by atoms with E-state index in [2.05, 4.69) is 18.9 Å². The molecule has 0 bridgehead atoms. The second-order valence-corrected chi connectivity index (χ2v) is 5.14. The first-order chi connectivity index (χ1) is 8.20. The minimum absolute atomic E-state index is 0.0388. The SMILES string of the molecule is CCCCC(C(=O)OC)N(C)C1CCCCC1. The first-order valence-corrected chi connectivity index (χ1v) is 7.00. The zero-order valence-electron chi connectivity index (χ0n) is 11.6. The third kappa shape index (κ3) is 4.30. The molecule has 0 N–H and O–H groups in total. The number of esters is 1. The molecule has 1 aliphatic carbocycles. The van der Waals surface area contributed by atoms with E-state index >= 15 is 0 Å². The van der Waals surface area contributed by atoms with Gasteiger partial charge in [0.05, 0.1) is 7.11 Å². The Labute approximate surface area is 106 Å². The van der Waals surface area contributed by atoms with Crippen LogP contribution in [0.15, 0.2) is 0 Å². The zero-order chi connectivity index (χ0) is 12.7. The van der Waals surface area contributed by atoms with Crippen LogP contribution in [-0.4, -0.2) is 37.1 Å². The predicted octanol–water partition coefficient (Wildman–Crippen LogP) is 2.98. The fourth-order valence-electron chi connectivity index (χ4n) is 2.76. The van der Waals surface area contributed by atoms with Gasteiger partial charge in [-0.15, -0.1) is 0 Å². The van der Waals surface area contributed by atoms with E-state index < -0.39 is 0 Å². The highest BCUT2D eigenvalue weighted by Crippen LogP contribution is 2.24. The first kappa shape index (κ1) is 14.5. The lowest BCUT2D eigenvalue weighted by atomic mass is 9.93. The summed E-state index contributed by atoms with van der Waals surface area (Å²) in [6.45, 7) is 2.16. The maximum absolute atomic E-state index is 11.8. The summed E-state index contributed by atoms with van der Waals surface area (Å²) in [5.74, 6) is -0.0634. The molecule has 0 aliphatic heterocycles. The van der Waals surface area contributed by atoms with E-state index in [4.69, 9.17) is 4.74 Å². The summed E-state index contributed by atoms with van der Waals surface area (Å²) >= 11 is 0. The van der Waals surface area contributed by atoms with E-state index in [9.17, 15) is 4.79 Å². The molecule has 0 spiro atoms. The molecule has 3 nitrogen and oxygen atoms in total. The van der Waals surface area contributed by atoms with Crippen LogP contribution in [0.5, 0.6) is 0 Å². The number of rotatable bonds is 6. The Bertz CT molecular complexity index is 224. The van der Waals surface area contributed by atoms with Crippen LogP contribution in [0.1, 0.15) is 58.3 Å². The molecular formula is C14H27NO2. The highest BCUT2D eigenvalue weighted by Gasteiger charge is 2.29. The largest absolute Gasteiger partial charge is 0.468 e. The maximum atomic E-state index is 11.8. The Morgan fingerprint density at radius 2 is 2.00 bits per heavy atom.